The summed E-state index contributed by atoms with van der Waals surface area (Å²) >= 11 is 0. The maximum absolute atomic E-state index is 12.5. The number of carbonyl (C=O) groups excluding carboxylic acids is 1. The third-order valence-corrected chi connectivity index (χ3v) is 3.88. The molecule has 2 aromatic rings. The van der Waals surface area contributed by atoms with Gasteiger partial charge in [0.15, 0.2) is 0 Å². The molecule has 0 radical (unpaired) electrons. The van der Waals surface area contributed by atoms with Crippen LogP contribution in [-0.2, 0) is 17.9 Å². The Morgan fingerprint density at radius 3 is 2.55 bits per heavy atom. The quantitative estimate of drug-likeness (QED) is 0.832. The molecule has 1 aromatic heterocycles. The van der Waals surface area contributed by atoms with Gasteiger partial charge in [-0.25, -0.2) is 0 Å². The number of rotatable bonds is 5. The molecule has 2 atom stereocenters. The Kier molecular flexibility index (Phi) is 3.59. The third kappa shape index (κ3) is 2.93. The van der Waals surface area contributed by atoms with Crippen LogP contribution in [0.5, 0.6) is 0 Å². The van der Waals surface area contributed by atoms with E-state index in [0.717, 1.165) is 17.7 Å². The highest BCUT2D eigenvalue weighted by atomic mass is 16.3. The van der Waals surface area contributed by atoms with Crippen LogP contribution < -0.4 is 0 Å². The summed E-state index contributed by atoms with van der Waals surface area (Å²) in [6.07, 6.45) is 2.67. The van der Waals surface area contributed by atoms with Crippen molar-refractivity contribution in [2.45, 2.75) is 26.4 Å². The van der Waals surface area contributed by atoms with Gasteiger partial charge in [0, 0.05) is 12.5 Å². The second kappa shape index (κ2) is 5.53. The Morgan fingerprint density at radius 1 is 1.20 bits per heavy atom. The highest BCUT2D eigenvalue weighted by Gasteiger charge is 2.41. The zero-order valence-electron chi connectivity index (χ0n) is 11.7. The molecule has 1 saturated carbocycles. The summed E-state index contributed by atoms with van der Waals surface area (Å²) in [4.78, 5) is 14.4. The Morgan fingerprint density at radius 2 is 1.95 bits per heavy atom. The molecule has 1 fully saturated rings. The van der Waals surface area contributed by atoms with Gasteiger partial charge in [-0.2, -0.15) is 0 Å². The molecule has 1 aliphatic carbocycles. The normalized spacial score (nSPS) is 20.6. The van der Waals surface area contributed by atoms with Gasteiger partial charge in [-0.05, 0) is 30.0 Å². The molecule has 0 saturated heterocycles. The van der Waals surface area contributed by atoms with Crippen LogP contribution in [0, 0.1) is 11.8 Å². The smallest absolute Gasteiger partial charge is 0.226 e. The lowest BCUT2D eigenvalue weighted by Crippen LogP contribution is -2.31. The SMILES string of the molecule is C[C@H]1C[C@H]1C(=O)N(Cc1ccccc1)Cc1ccco1. The molecule has 3 heteroatoms. The molecular weight excluding hydrogens is 250 g/mol. The summed E-state index contributed by atoms with van der Waals surface area (Å²) in [6, 6.07) is 13.9. The zero-order chi connectivity index (χ0) is 13.9. The van der Waals surface area contributed by atoms with Crippen molar-refractivity contribution < 1.29 is 9.21 Å². The van der Waals surface area contributed by atoms with E-state index in [4.69, 9.17) is 4.42 Å². The minimum absolute atomic E-state index is 0.202. The van der Waals surface area contributed by atoms with E-state index >= 15 is 0 Å². The molecule has 3 nitrogen and oxygen atoms in total. The molecule has 0 unspecified atom stereocenters. The molecule has 1 aromatic carbocycles. The van der Waals surface area contributed by atoms with E-state index in [1.165, 1.54) is 0 Å². The molecule has 1 aliphatic rings. The van der Waals surface area contributed by atoms with Crippen LogP contribution in [0.3, 0.4) is 0 Å². The fourth-order valence-electron chi connectivity index (χ4n) is 2.51. The molecule has 3 rings (SSSR count). The number of amides is 1. The molecule has 1 heterocycles. The molecule has 0 bridgehead atoms. The molecule has 104 valence electrons. The Balaban J connectivity index is 1.74. The summed E-state index contributed by atoms with van der Waals surface area (Å²) in [5.41, 5.74) is 1.15. The first-order chi connectivity index (χ1) is 9.74. The van der Waals surface area contributed by atoms with Crippen LogP contribution in [0.15, 0.2) is 53.1 Å². The monoisotopic (exact) mass is 269 g/mol. The Hall–Kier alpha value is -2.03. The van der Waals surface area contributed by atoms with E-state index in [9.17, 15) is 4.79 Å². The third-order valence-electron chi connectivity index (χ3n) is 3.88. The fourth-order valence-corrected chi connectivity index (χ4v) is 2.51. The van der Waals surface area contributed by atoms with E-state index in [-0.39, 0.29) is 11.8 Å². The number of furan rings is 1. The van der Waals surface area contributed by atoms with Gasteiger partial charge in [0.05, 0.1) is 12.8 Å². The van der Waals surface area contributed by atoms with Gasteiger partial charge in [0.25, 0.3) is 0 Å². The number of hydrogen-bond acceptors (Lipinski definition) is 2. The van der Waals surface area contributed by atoms with Gasteiger partial charge in [-0.3, -0.25) is 4.79 Å². The maximum atomic E-state index is 12.5. The first-order valence-corrected chi connectivity index (χ1v) is 7.09. The van der Waals surface area contributed by atoms with Crippen molar-refractivity contribution in [1.82, 2.24) is 4.90 Å². The number of benzene rings is 1. The van der Waals surface area contributed by atoms with Crippen LogP contribution in [-0.4, -0.2) is 10.8 Å². The zero-order valence-corrected chi connectivity index (χ0v) is 11.7. The van der Waals surface area contributed by atoms with Crippen LogP contribution in [0.4, 0.5) is 0 Å². The summed E-state index contributed by atoms with van der Waals surface area (Å²) in [7, 11) is 0. The summed E-state index contributed by atoms with van der Waals surface area (Å²) in [5, 5.41) is 0. The van der Waals surface area contributed by atoms with Crippen molar-refractivity contribution in [1.29, 1.82) is 0 Å². The van der Waals surface area contributed by atoms with Gasteiger partial charge in [-0.15, -0.1) is 0 Å². The summed E-state index contributed by atoms with van der Waals surface area (Å²) in [6.45, 7) is 3.32. The average Bonchev–Trinajstić information content (AvgIpc) is 2.98. The lowest BCUT2D eigenvalue weighted by molar-refractivity contribution is -0.134. The lowest BCUT2D eigenvalue weighted by Gasteiger charge is -2.22. The number of hydrogen-bond donors (Lipinski definition) is 0. The molecule has 0 spiro atoms. The highest BCUT2D eigenvalue weighted by molar-refractivity contribution is 5.81. The minimum Gasteiger partial charge on any atom is -0.467 e. The average molecular weight is 269 g/mol. The van der Waals surface area contributed by atoms with E-state index in [1.54, 1.807) is 6.26 Å². The van der Waals surface area contributed by atoms with Gasteiger partial charge >= 0.3 is 0 Å². The first kappa shape index (κ1) is 13.0. The minimum atomic E-state index is 0.202. The van der Waals surface area contributed by atoms with Crippen molar-refractivity contribution in [3.8, 4) is 0 Å². The summed E-state index contributed by atoms with van der Waals surface area (Å²) in [5.74, 6) is 1.81. The van der Waals surface area contributed by atoms with Crippen LogP contribution in [0.1, 0.15) is 24.7 Å². The number of nitrogens with zero attached hydrogens (tertiary/aromatic N) is 1. The van der Waals surface area contributed by atoms with Crippen molar-refractivity contribution in [2.24, 2.45) is 11.8 Å². The van der Waals surface area contributed by atoms with Gasteiger partial charge in [-0.1, -0.05) is 37.3 Å². The maximum Gasteiger partial charge on any atom is 0.226 e. The van der Waals surface area contributed by atoms with Crippen molar-refractivity contribution >= 4 is 5.91 Å². The van der Waals surface area contributed by atoms with Gasteiger partial charge < -0.3 is 9.32 Å². The van der Waals surface area contributed by atoms with Crippen molar-refractivity contribution in [2.75, 3.05) is 0 Å². The fraction of sp³-hybridized carbons (Fsp3) is 0.353. The lowest BCUT2D eigenvalue weighted by atomic mass is 10.2. The van der Waals surface area contributed by atoms with E-state index in [2.05, 4.69) is 19.1 Å². The van der Waals surface area contributed by atoms with Crippen LogP contribution in [0.2, 0.25) is 0 Å². The predicted molar refractivity (Wildman–Crippen MR) is 76.7 cm³/mol. The van der Waals surface area contributed by atoms with Crippen molar-refractivity contribution in [3.05, 3.63) is 60.1 Å². The molecule has 0 N–H and O–H groups in total. The predicted octanol–water partition coefficient (Wildman–Crippen LogP) is 3.46. The molecular formula is C17H19NO2. The van der Waals surface area contributed by atoms with Crippen LogP contribution in [0.25, 0.3) is 0 Å². The molecule has 0 aliphatic heterocycles. The van der Waals surface area contributed by atoms with Crippen LogP contribution >= 0.6 is 0 Å². The second-order valence-corrected chi connectivity index (χ2v) is 5.58. The standard InChI is InChI=1S/C17H19NO2/c1-13-10-16(13)17(19)18(12-15-8-5-9-20-15)11-14-6-3-2-4-7-14/h2-9,13,16H,10-12H2,1H3/t13-,16+/m0/s1. The summed E-state index contributed by atoms with van der Waals surface area (Å²) < 4.78 is 5.38. The van der Waals surface area contributed by atoms with E-state index < -0.39 is 0 Å². The largest absolute Gasteiger partial charge is 0.467 e. The Labute approximate surface area is 119 Å². The molecule has 20 heavy (non-hydrogen) atoms. The topological polar surface area (TPSA) is 33.5 Å². The van der Waals surface area contributed by atoms with Gasteiger partial charge in [0.1, 0.15) is 5.76 Å². The van der Waals surface area contributed by atoms with Gasteiger partial charge in [0.2, 0.25) is 5.91 Å². The Bertz CT molecular complexity index is 562. The van der Waals surface area contributed by atoms with Crippen molar-refractivity contribution in [3.63, 3.8) is 0 Å². The molecule has 1 amide bonds. The van der Waals surface area contributed by atoms with E-state index in [1.807, 2.05) is 35.2 Å². The second-order valence-electron chi connectivity index (χ2n) is 5.58. The first-order valence-electron chi connectivity index (χ1n) is 7.09. The number of carbonyl (C=O) groups is 1. The highest BCUT2D eigenvalue weighted by Crippen LogP contribution is 2.39. The van der Waals surface area contributed by atoms with E-state index in [0.29, 0.717) is 19.0 Å².